The van der Waals surface area contributed by atoms with Crippen LogP contribution >= 0.6 is 0 Å². The lowest BCUT2D eigenvalue weighted by Gasteiger charge is -2.08. The first-order valence-electron chi connectivity index (χ1n) is 8.35. The number of hydrogen-bond donors (Lipinski definition) is 2. The number of fused-ring (bicyclic) bond motifs is 1. The summed E-state index contributed by atoms with van der Waals surface area (Å²) in [7, 11) is 0. The molecule has 0 radical (unpaired) electrons. The Morgan fingerprint density at radius 2 is 2.12 bits per heavy atom. The molecule has 2 aliphatic rings. The van der Waals surface area contributed by atoms with Crippen molar-refractivity contribution in [1.29, 1.82) is 5.26 Å². The maximum absolute atomic E-state index is 9.30. The molecule has 0 atom stereocenters. The van der Waals surface area contributed by atoms with Crippen LogP contribution in [0.4, 0.5) is 11.6 Å². The van der Waals surface area contributed by atoms with Gasteiger partial charge in [0, 0.05) is 12.1 Å². The Kier molecular flexibility index (Phi) is 2.71. The molecule has 3 aromatic heterocycles. The van der Waals surface area contributed by atoms with Crippen molar-refractivity contribution in [3.63, 3.8) is 0 Å². The van der Waals surface area contributed by atoms with Gasteiger partial charge in [-0.05, 0) is 32.6 Å². The topological polar surface area (TPSA) is 95.2 Å². The summed E-state index contributed by atoms with van der Waals surface area (Å²) in [5.41, 5.74) is 4.37. The lowest BCUT2D eigenvalue weighted by atomic mass is 10.1. The molecule has 7 heteroatoms. The Morgan fingerprint density at radius 3 is 2.83 bits per heavy atom. The molecule has 2 fully saturated rings. The fourth-order valence-electron chi connectivity index (χ4n) is 3.21. The number of nitriles is 1. The van der Waals surface area contributed by atoms with Gasteiger partial charge in [0.25, 0.3) is 0 Å². The Labute approximate surface area is 138 Å². The number of anilines is 2. The molecule has 2 aliphatic carbocycles. The van der Waals surface area contributed by atoms with Gasteiger partial charge >= 0.3 is 0 Å². The van der Waals surface area contributed by atoms with E-state index < -0.39 is 0 Å². The summed E-state index contributed by atoms with van der Waals surface area (Å²) in [5.74, 6) is 1.00. The third kappa shape index (κ3) is 2.07. The quantitative estimate of drug-likeness (QED) is 0.769. The first kappa shape index (κ1) is 13.5. The molecule has 24 heavy (non-hydrogen) atoms. The molecule has 0 spiro atoms. The molecule has 0 amide bonds. The minimum Gasteiger partial charge on any atom is -0.345 e. The van der Waals surface area contributed by atoms with E-state index in [9.17, 15) is 5.26 Å². The van der Waals surface area contributed by atoms with Crippen molar-refractivity contribution < 1.29 is 0 Å². The first-order chi connectivity index (χ1) is 11.7. The average molecular weight is 319 g/mol. The monoisotopic (exact) mass is 319 g/mol. The van der Waals surface area contributed by atoms with Crippen molar-refractivity contribution in [2.75, 3.05) is 5.32 Å². The second-order valence-corrected chi connectivity index (χ2v) is 6.69. The van der Waals surface area contributed by atoms with Crippen molar-refractivity contribution in [3.05, 3.63) is 29.3 Å². The molecule has 2 N–H and O–H groups in total. The largest absolute Gasteiger partial charge is 0.345 e. The van der Waals surface area contributed by atoms with Crippen LogP contribution in [-0.4, -0.2) is 24.7 Å². The van der Waals surface area contributed by atoms with E-state index in [2.05, 4.69) is 38.1 Å². The molecule has 5 rings (SSSR count). The second-order valence-electron chi connectivity index (χ2n) is 6.69. The van der Waals surface area contributed by atoms with Crippen LogP contribution in [0.1, 0.15) is 54.6 Å². The van der Waals surface area contributed by atoms with Gasteiger partial charge in [-0.2, -0.15) is 15.3 Å². The van der Waals surface area contributed by atoms with Crippen LogP contribution in [0.15, 0.2) is 12.4 Å². The molecule has 120 valence electrons. The van der Waals surface area contributed by atoms with E-state index in [0.717, 1.165) is 41.0 Å². The van der Waals surface area contributed by atoms with Crippen molar-refractivity contribution in [3.8, 4) is 6.07 Å². The number of aromatic amines is 1. The Bertz CT molecular complexity index is 982. The predicted octanol–water partition coefficient (Wildman–Crippen LogP) is 3.29. The lowest BCUT2D eigenvalue weighted by Crippen LogP contribution is -2.03. The number of hydrogen-bond acceptors (Lipinski definition) is 5. The maximum Gasteiger partial charge on any atom is 0.229 e. The van der Waals surface area contributed by atoms with Gasteiger partial charge in [-0.1, -0.05) is 0 Å². The number of nitrogens with one attached hydrogen (secondary N) is 2. The zero-order chi connectivity index (χ0) is 16.3. The molecular formula is C17H17N7. The summed E-state index contributed by atoms with van der Waals surface area (Å²) >= 11 is 0. The van der Waals surface area contributed by atoms with Crippen molar-refractivity contribution in [2.24, 2.45) is 0 Å². The minimum absolute atomic E-state index is 0.439. The summed E-state index contributed by atoms with van der Waals surface area (Å²) in [6, 6.07) is 2.78. The average Bonchev–Trinajstić information content (AvgIpc) is 3.50. The van der Waals surface area contributed by atoms with Gasteiger partial charge in [0.1, 0.15) is 11.7 Å². The SMILES string of the molecule is Cc1c(Nc2nc(C3CC3)c3c(C#N)c[nH]c3n2)cnn1C1CC1. The molecular weight excluding hydrogens is 302 g/mol. The van der Waals surface area contributed by atoms with Crippen LogP contribution in [0, 0.1) is 18.3 Å². The van der Waals surface area contributed by atoms with E-state index in [0.29, 0.717) is 23.5 Å². The van der Waals surface area contributed by atoms with Gasteiger partial charge in [-0.3, -0.25) is 4.68 Å². The predicted molar refractivity (Wildman–Crippen MR) is 89.1 cm³/mol. The van der Waals surface area contributed by atoms with Crippen molar-refractivity contribution >= 4 is 22.7 Å². The molecule has 2 saturated carbocycles. The van der Waals surface area contributed by atoms with Gasteiger partial charge in [-0.25, -0.2) is 4.98 Å². The molecule has 3 aromatic rings. The van der Waals surface area contributed by atoms with Gasteiger partial charge in [-0.15, -0.1) is 0 Å². The van der Waals surface area contributed by atoms with E-state index in [1.165, 1.54) is 12.8 Å². The van der Waals surface area contributed by atoms with Crippen LogP contribution in [0.2, 0.25) is 0 Å². The van der Waals surface area contributed by atoms with Gasteiger partial charge in [0.05, 0.1) is 40.3 Å². The molecule has 0 saturated heterocycles. The molecule has 0 aromatic carbocycles. The zero-order valence-corrected chi connectivity index (χ0v) is 13.4. The standard InChI is InChI=1S/C17H17N7/c1-9-13(8-20-24(9)12-4-5-12)21-17-22-15(10-2-3-10)14-11(6-18)7-19-16(14)23-17/h7-8,10,12H,2-5H2,1H3,(H2,19,21,22,23). The van der Waals surface area contributed by atoms with E-state index >= 15 is 0 Å². The van der Waals surface area contributed by atoms with Crippen LogP contribution < -0.4 is 5.32 Å². The van der Waals surface area contributed by atoms with Gasteiger partial charge in [0.2, 0.25) is 5.95 Å². The number of nitrogens with zero attached hydrogens (tertiary/aromatic N) is 5. The minimum atomic E-state index is 0.439. The highest BCUT2D eigenvalue weighted by Crippen LogP contribution is 2.43. The van der Waals surface area contributed by atoms with E-state index in [4.69, 9.17) is 4.98 Å². The first-order valence-corrected chi connectivity index (χ1v) is 8.35. The molecule has 7 nitrogen and oxygen atoms in total. The third-order valence-corrected chi connectivity index (χ3v) is 4.83. The highest BCUT2D eigenvalue weighted by molar-refractivity contribution is 5.86. The van der Waals surface area contributed by atoms with Gasteiger partial charge < -0.3 is 10.3 Å². The Morgan fingerprint density at radius 1 is 1.29 bits per heavy atom. The normalized spacial score (nSPS) is 17.2. The second kappa shape index (κ2) is 4.81. The van der Waals surface area contributed by atoms with E-state index in [1.54, 1.807) is 6.20 Å². The van der Waals surface area contributed by atoms with E-state index in [1.807, 2.05) is 6.20 Å². The Hall–Kier alpha value is -2.88. The summed E-state index contributed by atoms with van der Waals surface area (Å²) < 4.78 is 2.07. The van der Waals surface area contributed by atoms with Crippen LogP contribution in [0.25, 0.3) is 11.0 Å². The molecule has 0 bridgehead atoms. The number of aromatic nitrogens is 5. The molecule has 0 aliphatic heterocycles. The zero-order valence-electron chi connectivity index (χ0n) is 13.4. The smallest absolute Gasteiger partial charge is 0.229 e. The summed E-state index contributed by atoms with van der Waals surface area (Å²) in [4.78, 5) is 12.4. The van der Waals surface area contributed by atoms with E-state index in [-0.39, 0.29) is 0 Å². The van der Waals surface area contributed by atoms with Crippen LogP contribution in [-0.2, 0) is 0 Å². The summed E-state index contributed by atoms with van der Waals surface area (Å²) in [6.07, 6.45) is 8.21. The maximum atomic E-state index is 9.30. The van der Waals surface area contributed by atoms with Gasteiger partial charge in [0.15, 0.2) is 0 Å². The Balaban J connectivity index is 1.56. The fourth-order valence-corrected chi connectivity index (χ4v) is 3.21. The highest BCUT2D eigenvalue weighted by Gasteiger charge is 2.30. The molecule has 3 heterocycles. The van der Waals surface area contributed by atoms with Crippen LogP contribution in [0.5, 0.6) is 0 Å². The lowest BCUT2D eigenvalue weighted by molar-refractivity contribution is 0.622. The van der Waals surface area contributed by atoms with Crippen LogP contribution in [0.3, 0.4) is 0 Å². The van der Waals surface area contributed by atoms with Crippen molar-refractivity contribution in [1.82, 2.24) is 24.7 Å². The highest BCUT2D eigenvalue weighted by atomic mass is 15.3. The molecule has 0 unspecified atom stereocenters. The third-order valence-electron chi connectivity index (χ3n) is 4.83. The summed E-state index contributed by atoms with van der Waals surface area (Å²) in [5, 5.41) is 18.0. The number of H-pyrrole nitrogens is 1. The van der Waals surface area contributed by atoms with Crippen molar-refractivity contribution in [2.45, 2.75) is 44.6 Å². The number of rotatable bonds is 4. The summed E-state index contributed by atoms with van der Waals surface area (Å²) in [6.45, 7) is 2.07. The fraction of sp³-hybridized carbons (Fsp3) is 0.412.